The summed E-state index contributed by atoms with van der Waals surface area (Å²) >= 11 is 2.59. The first-order valence-electron chi connectivity index (χ1n) is 35.2. The van der Waals surface area contributed by atoms with Gasteiger partial charge in [-0.25, -0.2) is 9.78 Å². The van der Waals surface area contributed by atoms with Gasteiger partial charge in [-0.1, -0.05) is 133 Å². The van der Waals surface area contributed by atoms with E-state index >= 15 is 0 Å². The van der Waals surface area contributed by atoms with E-state index in [0.717, 1.165) is 61.3 Å². The second-order valence-corrected chi connectivity index (χ2v) is 30.8. The molecule has 3 aliphatic rings. The van der Waals surface area contributed by atoms with E-state index in [-0.39, 0.29) is 85.2 Å². The number of thioether (sulfide) groups is 1. The number of benzene rings is 1. The van der Waals surface area contributed by atoms with Crippen molar-refractivity contribution >= 4 is 94.0 Å². The first kappa shape index (κ1) is 81.0. The lowest BCUT2D eigenvalue weighted by molar-refractivity contribution is -0.150. The average Bonchev–Trinajstić information content (AvgIpc) is 1.69. The fourth-order valence-electron chi connectivity index (χ4n) is 13.3. The van der Waals surface area contributed by atoms with E-state index in [1.165, 1.54) is 56.7 Å². The third kappa shape index (κ3) is 24.3. The highest BCUT2D eigenvalue weighted by Crippen LogP contribution is 2.44. The number of rotatable bonds is 36. The number of imide groups is 1. The summed E-state index contributed by atoms with van der Waals surface area (Å²) in [6.45, 7) is 21.1. The van der Waals surface area contributed by atoms with Crippen LogP contribution in [0.15, 0.2) is 29.6 Å². The van der Waals surface area contributed by atoms with Gasteiger partial charge in [-0.05, 0) is 113 Å². The number of carbonyl (C=O) groups excluding carboxylic acids is 10. The number of thiazole rings is 1. The zero-order valence-corrected chi connectivity index (χ0v) is 61.0. The molecule has 1 aliphatic carbocycles. The number of esters is 1. The van der Waals surface area contributed by atoms with E-state index in [2.05, 4.69) is 50.7 Å². The van der Waals surface area contributed by atoms with Crippen LogP contribution in [-0.4, -0.2) is 176 Å². The number of carbonyl (C=O) groups is 11. The fraction of sp³-hybridized carbons (Fsp3) is 0.714. The Morgan fingerprint density at radius 1 is 0.825 bits per heavy atom. The van der Waals surface area contributed by atoms with Gasteiger partial charge in [0, 0.05) is 67.3 Å². The van der Waals surface area contributed by atoms with Crippen LogP contribution in [0.25, 0.3) is 0 Å². The lowest BCUT2D eigenvalue weighted by Crippen LogP contribution is -2.60. The fourth-order valence-corrected chi connectivity index (χ4v) is 15.8. The molecule has 0 radical (unpaired) electrons. The van der Waals surface area contributed by atoms with Crippen LogP contribution in [0, 0.1) is 29.6 Å². The predicted molar refractivity (Wildman–Crippen MR) is 376 cm³/mol. The average molecular weight is 1390 g/mol. The Hall–Kier alpha value is -6.71. The van der Waals surface area contributed by atoms with Crippen molar-refractivity contribution in [2.75, 3.05) is 38.5 Å². The van der Waals surface area contributed by atoms with E-state index in [9.17, 15) is 57.8 Å². The van der Waals surface area contributed by atoms with Crippen LogP contribution in [0.5, 0.6) is 0 Å². The zero-order valence-electron chi connectivity index (χ0n) is 59.3. The molecule has 2 aliphatic heterocycles. The molecule has 3 fully saturated rings. The van der Waals surface area contributed by atoms with Crippen molar-refractivity contribution in [3.8, 4) is 0 Å². The normalized spacial score (nSPS) is 19.5. The smallest absolute Gasteiger partial charge is 0.312 e. The van der Waals surface area contributed by atoms with Gasteiger partial charge in [0.25, 0.3) is 5.91 Å². The highest BCUT2D eigenvalue weighted by Gasteiger charge is 2.48. The zero-order chi connectivity index (χ0) is 71.8. The molecule has 11 atom stereocenters. The Morgan fingerprint density at radius 2 is 1.47 bits per heavy atom. The summed E-state index contributed by atoms with van der Waals surface area (Å²) in [5.41, 5.74) is 12.4. The lowest BCUT2D eigenvalue weighted by atomic mass is 9.86. The number of carboxylic acids is 1. The number of hydrogen-bond donors (Lipinski definition) is 9. The molecule has 2 saturated heterocycles. The largest absolute Gasteiger partial charge is 0.481 e. The maximum atomic E-state index is 14.8. The van der Waals surface area contributed by atoms with Crippen LogP contribution in [0.2, 0.25) is 0 Å². The number of urea groups is 1. The molecule has 97 heavy (non-hydrogen) atoms. The minimum absolute atomic E-state index is 0.000658. The molecule has 25 nitrogen and oxygen atoms in total. The van der Waals surface area contributed by atoms with Gasteiger partial charge in [0.15, 0.2) is 6.10 Å². The molecule has 542 valence electrons. The Bertz CT molecular complexity index is 2970. The summed E-state index contributed by atoms with van der Waals surface area (Å²) in [6, 6.07) is -0.433. The molecule has 10 amide bonds. The minimum Gasteiger partial charge on any atom is -0.481 e. The number of carboxylic acid groups (broad SMARTS) is 1. The van der Waals surface area contributed by atoms with Crippen LogP contribution in [0.4, 0.5) is 10.5 Å². The Kier molecular flexibility index (Phi) is 32.7. The number of nitrogens with two attached hydrogens (primary N) is 2. The summed E-state index contributed by atoms with van der Waals surface area (Å²) in [4.78, 5) is 159. The third-order valence-electron chi connectivity index (χ3n) is 19.3. The Balaban J connectivity index is 1.29. The van der Waals surface area contributed by atoms with Gasteiger partial charge in [0.1, 0.15) is 34.9 Å². The number of ether oxygens (including phenoxy) is 1. The quantitative estimate of drug-likeness (QED) is 0.0180. The molecule has 0 bridgehead atoms. The maximum Gasteiger partial charge on any atom is 0.312 e. The molecule has 27 heteroatoms. The molecule has 0 spiro atoms. The van der Waals surface area contributed by atoms with Crippen molar-refractivity contribution in [3.05, 3.63) is 45.9 Å². The van der Waals surface area contributed by atoms with Crippen molar-refractivity contribution in [1.82, 2.24) is 46.3 Å². The number of hydrogen-bond acceptors (Lipinski definition) is 17. The number of nitrogens with one attached hydrogen (secondary N) is 6. The molecular weight excluding hydrogens is 1280 g/mol. The molecule has 11 N–H and O–H groups in total. The number of piperidine rings is 1. The molecular formula is C70H112N12O13S2. The highest BCUT2D eigenvalue weighted by atomic mass is 32.2. The van der Waals surface area contributed by atoms with E-state index in [0.29, 0.717) is 48.0 Å². The summed E-state index contributed by atoms with van der Waals surface area (Å²) in [5.74, 6) is -7.31. The van der Waals surface area contributed by atoms with Crippen LogP contribution >= 0.6 is 23.1 Å². The van der Waals surface area contributed by atoms with Gasteiger partial charge in [-0.2, -0.15) is 0 Å². The van der Waals surface area contributed by atoms with E-state index in [4.69, 9.17) is 16.2 Å². The molecule has 2 unspecified atom stereocenters. The summed E-state index contributed by atoms with van der Waals surface area (Å²) in [7, 11) is 1.93. The maximum absolute atomic E-state index is 14.8. The van der Waals surface area contributed by atoms with E-state index < -0.39 is 119 Å². The minimum atomic E-state index is -1.40. The van der Waals surface area contributed by atoms with Gasteiger partial charge in [-0.15, -0.1) is 23.1 Å². The molecule has 1 aromatic carbocycles. The van der Waals surface area contributed by atoms with Gasteiger partial charge < -0.3 is 58.1 Å². The number of aromatic nitrogens is 1. The van der Waals surface area contributed by atoms with Gasteiger partial charge in [0.2, 0.25) is 41.4 Å². The van der Waals surface area contributed by atoms with Crippen LogP contribution in [-0.2, 0) is 54.3 Å². The third-order valence-corrected chi connectivity index (χ3v) is 21.8. The highest BCUT2D eigenvalue weighted by molar-refractivity contribution is 8.02. The Labute approximate surface area is 582 Å². The summed E-state index contributed by atoms with van der Waals surface area (Å²) < 4.78 is 5.62. The van der Waals surface area contributed by atoms with Crippen molar-refractivity contribution in [1.29, 1.82) is 0 Å². The van der Waals surface area contributed by atoms with Gasteiger partial charge >= 0.3 is 18.0 Å². The topological polar surface area (TPSA) is 364 Å². The SMILES string of the molecule is CCCN(C(=O)[C@@H](NC(=O)[C@H]1CCCCN1C)[C@@H](C)CC)[C@H](C[C@@H](OC(C)=O)c1nc(C(=O)N[C@@H](Cc2ccc(NC(=O)[C@H](CCCNC(N)=O)NC(=O)[C@@H](NC(=O)C(CN)N3C(=O)CC(SC(C)(C)C4CCCCCCCC4)C3=O)C(C)C)cc2)C[C@H](C)C(=O)O)cs1)C(C)C. The van der Waals surface area contributed by atoms with Gasteiger partial charge in [-0.3, -0.25) is 57.7 Å². The van der Waals surface area contributed by atoms with E-state index in [1.807, 2.05) is 46.6 Å². The van der Waals surface area contributed by atoms with E-state index in [1.54, 1.807) is 43.0 Å². The first-order chi connectivity index (χ1) is 45.9. The van der Waals surface area contributed by atoms with Crippen molar-refractivity contribution in [2.45, 2.75) is 257 Å². The van der Waals surface area contributed by atoms with Crippen LogP contribution < -0.4 is 43.4 Å². The summed E-state index contributed by atoms with van der Waals surface area (Å²) in [6.07, 6.45) is 12.4. The summed E-state index contributed by atoms with van der Waals surface area (Å²) in [5, 5.41) is 28.0. The number of likely N-dealkylation sites (tertiary alicyclic amines) is 2. The number of nitrogens with zero attached hydrogens (tertiary/aromatic N) is 4. The Morgan fingerprint density at radius 3 is 2.05 bits per heavy atom. The lowest BCUT2D eigenvalue weighted by Gasteiger charge is -2.40. The molecule has 3 heterocycles. The van der Waals surface area contributed by atoms with Crippen molar-refractivity contribution in [2.24, 2.45) is 41.1 Å². The first-order valence-corrected chi connectivity index (χ1v) is 36.9. The second kappa shape index (κ2) is 39.2. The number of primary amides is 1. The van der Waals surface area contributed by atoms with Crippen molar-refractivity contribution < 1.29 is 62.6 Å². The van der Waals surface area contributed by atoms with Gasteiger partial charge in [0.05, 0.1) is 17.2 Å². The number of amides is 10. The number of anilines is 1. The monoisotopic (exact) mass is 1390 g/mol. The van der Waals surface area contributed by atoms with Crippen LogP contribution in [0.1, 0.15) is 219 Å². The molecule has 5 rings (SSSR count). The predicted octanol–water partition coefficient (Wildman–Crippen LogP) is 7.60. The number of aliphatic carboxylic acids is 1. The van der Waals surface area contributed by atoms with Crippen molar-refractivity contribution in [3.63, 3.8) is 0 Å². The molecule has 2 aromatic rings. The van der Waals surface area contributed by atoms with Crippen LogP contribution in [0.3, 0.4) is 0 Å². The molecule has 1 aromatic heterocycles. The standard InChI is InChI=1S/C70H112N12O13S2/c1-13-33-81(67(91)59(43(7)14-2)79-62(87)52-27-21-22-34-80(52)12)53(41(3)4)37-55(95-45(9)83)65-77-51(40-96-65)61(86)75-49(35-44(8)68(92)93)36-46-28-30-48(31-29-46)74-60(85)50(26-23-32-73-69(72)94)76-64(89)58(42(5)6)78-63(88)54(39-71)82-57(84)38-56(66(82)90)97-70(10,11)47-24-19-17-15-16-18-20-25-47/h28-31,40-44,47,49-50,52-56,58-59H,13-27,32-39,71H2,1-12H3,(H,74,85)(H,75,86)(H,76,89)(H,78,88)(H,79,87)(H,92,93)(H3,72,73,94)/t43-,44-,49+,50-,52+,53+,54?,55+,56?,58-,59-/m0/s1. The molecule has 1 saturated carbocycles. The number of likely N-dealkylation sites (N-methyl/N-ethyl adjacent to an activating group) is 1. The second-order valence-electron chi connectivity index (χ2n) is 28.0.